The summed E-state index contributed by atoms with van der Waals surface area (Å²) in [6, 6.07) is 13.8. The third kappa shape index (κ3) is 15.8. The zero-order valence-electron chi connectivity index (χ0n) is 31.9. The van der Waals surface area contributed by atoms with E-state index in [-0.39, 0.29) is 55.6 Å². The minimum atomic E-state index is -3.39. The Hall–Kier alpha value is -4.06. The highest BCUT2D eigenvalue weighted by Crippen LogP contribution is 2.50. The van der Waals surface area contributed by atoms with Gasteiger partial charge in [0.2, 0.25) is 0 Å². The molecular weight excluding hydrogens is 790 g/mol. The van der Waals surface area contributed by atoms with Crippen LogP contribution in [0.2, 0.25) is 0 Å². The Balaban J connectivity index is 0.000000568. The lowest BCUT2D eigenvalue weighted by Crippen LogP contribution is -2.18. The number of hydrogen-bond acceptors (Lipinski definition) is 15. The van der Waals surface area contributed by atoms with Gasteiger partial charge in [-0.25, -0.2) is 8.42 Å². The molecule has 21 heteroatoms. The van der Waals surface area contributed by atoms with Gasteiger partial charge in [-0.2, -0.15) is 10.2 Å². The van der Waals surface area contributed by atoms with Crippen molar-refractivity contribution < 1.29 is 54.6 Å². The van der Waals surface area contributed by atoms with E-state index < -0.39 is 30.9 Å². The standard InChI is InChI=1S/C26H34N3O9PS.C8H16N3O3P.CH4/c1-6-35-39(31,36-7-2)18-29-13-12-25(28-29)27-26(30)20-14-22(37-19(3)17-34-4)16-23(15-20)38-21-8-10-24(11-9-21)40(5,32)33;1-3-13-15(12,14-4-2)7-11-6-5-8(9)10-11;/h8-16,19H,6-7,17-18H2,1-5H3,(H,27,28,30);5-6H,3-4,7H2,1-2H3,(H2,9,10);1H4/t19-;;/m0../s1. The molecule has 18 nitrogen and oxygen atoms in total. The van der Waals surface area contributed by atoms with Crippen molar-refractivity contribution in [2.75, 3.05) is 57.5 Å². The van der Waals surface area contributed by atoms with E-state index in [1.807, 2.05) is 6.92 Å². The molecule has 0 bridgehead atoms. The average molecular weight is 845 g/mol. The number of anilines is 2. The molecule has 3 N–H and O–H groups in total. The van der Waals surface area contributed by atoms with Crippen LogP contribution in [0.15, 0.2) is 71.9 Å². The minimum absolute atomic E-state index is 0. The van der Waals surface area contributed by atoms with Crippen molar-refractivity contribution in [3.05, 3.63) is 72.6 Å². The van der Waals surface area contributed by atoms with Crippen LogP contribution in [0.4, 0.5) is 11.6 Å². The van der Waals surface area contributed by atoms with Gasteiger partial charge in [0.15, 0.2) is 15.7 Å². The molecule has 0 aliphatic rings. The van der Waals surface area contributed by atoms with Gasteiger partial charge in [0.05, 0.1) is 37.9 Å². The van der Waals surface area contributed by atoms with E-state index in [9.17, 15) is 22.3 Å². The normalized spacial score (nSPS) is 12.2. The van der Waals surface area contributed by atoms with E-state index in [0.717, 1.165) is 6.26 Å². The molecule has 0 spiro atoms. The lowest BCUT2D eigenvalue weighted by molar-refractivity contribution is 0.0915. The van der Waals surface area contributed by atoms with Gasteiger partial charge in [0.25, 0.3) is 5.91 Å². The maximum atomic E-state index is 13.2. The summed E-state index contributed by atoms with van der Waals surface area (Å²) in [5, 5.41) is 10.9. The van der Waals surface area contributed by atoms with Crippen LogP contribution in [-0.4, -0.2) is 86.4 Å². The number of nitrogens with zero attached hydrogens (tertiary/aromatic N) is 4. The van der Waals surface area contributed by atoms with Crippen molar-refractivity contribution in [3.63, 3.8) is 0 Å². The molecule has 0 aliphatic carbocycles. The monoisotopic (exact) mass is 844 g/mol. The Morgan fingerprint density at radius 1 is 0.804 bits per heavy atom. The fourth-order valence-electron chi connectivity index (χ4n) is 4.75. The van der Waals surface area contributed by atoms with Crippen molar-refractivity contribution in [1.82, 2.24) is 19.6 Å². The molecule has 0 fully saturated rings. The predicted octanol–water partition coefficient (Wildman–Crippen LogP) is 7.29. The van der Waals surface area contributed by atoms with E-state index in [4.69, 9.17) is 38.0 Å². The first-order chi connectivity index (χ1) is 26.0. The maximum absolute atomic E-state index is 13.2. The van der Waals surface area contributed by atoms with E-state index in [1.54, 1.807) is 71.5 Å². The second-order valence-electron chi connectivity index (χ2n) is 11.6. The molecule has 4 rings (SSSR count). The number of nitrogens with one attached hydrogen (secondary N) is 1. The van der Waals surface area contributed by atoms with Crippen molar-refractivity contribution in [1.29, 1.82) is 0 Å². The van der Waals surface area contributed by atoms with Gasteiger partial charge in [0.1, 0.15) is 41.7 Å². The Morgan fingerprint density at radius 2 is 1.32 bits per heavy atom. The number of sulfone groups is 1. The van der Waals surface area contributed by atoms with Crippen LogP contribution in [0.1, 0.15) is 52.4 Å². The molecule has 0 radical (unpaired) electrons. The van der Waals surface area contributed by atoms with Crippen molar-refractivity contribution in [2.24, 2.45) is 0 Å². The Kier molecular flexibility index (Phi) is 19.4. The summed E-state index contributed by atoms with van der Waals surface area (Å²) in [7, 11) is -8.27. The number of nitrogen functional groups attached to an aromatic ring is 1. The maximum Gasteiger partial charge on any atom is 0.351 e. The van der Waals surface area contributed by atoms with Gasteiger partial charge in [-0.15, -0.1) is 0 Å². The highest BCUT2D eigenvalue weighted by Gasteiger charge is 2.26. The van der Waals surface area contributed by atoms with E-state index in [2.05, 4.69) is 15.5 Å². The molecule has 2 aromatic carbocycles. The largest absolute Gasteiger partial charge is 0.488 e. The Bertz CT molecular complexity index is 2000. The van der Waals surface area contributed by atoms with Crippen LogP contribution in [0, 0.1) is 0 Å². The van der Waals surface area contributed by atoms with Gasteiger partial charge < -0.3 is 43.4 Å². The molecule has 4 aromatic rings. The third-order valence-electron chi connectivity index (χ3n) is 6.85. The molecule has 1 atom stereocenters. The summed E-state index contributed by atoms with van der Waals surface area (Å²) in [6.45, 7) is 10.2. The minimum Gasteiger partial charge on any atom is -0.488 e. The summed E-state index contributed by atoms with van der Waals surface area (Å²) in [5.41, 5.74) is 5.66. The number of nitrogens with two attached hydrogens (primary N) is 1. The second-order valence-corrected chi connectivity index (χ2v) is 17.6. The first-order valence-electron chi connectivity index (χ1n) is 17.2. The van der Waals surface area contributed by atoms with E-state index in [0.29, 0.717) is 42.9 Å². The van der Waals surface area contributed by atoms with Crippen LogP contribution < -0.4 is 20.5 Å². The number of carbonyl (C=O) groups excluding carboxylic acids is 1. The number of ether oxygens (including phenoxy) is 3. The first-order valence-corrected chi connectivity index (χ1v) is 22.6. The number of hydrogen-bond donors (Lipinski definition) is 2. The summed E-state index contributed by atoms with van der Waals surface area (Å²) in [6.07, 6.45) is 3.98. The summed E-state index contributed by atoms with van der Waals surface area (Å²) >= 11 is 0. The van der Waals surface area contributed by atoms with Gasteiger partial charge in [0, 0.05) is 43.5 Å². The summed E-state index contributed by atoms with van der Waals surface area (Å²) < 4.78 is 89.0. The highest BCUT2D eigenvalue weighted by atomic mass is 32.2. The third-order valence-corrected chi connectivity index (χ3v) is 11.9. The Morgan fingerprint density at radius 3 is 1.80 bits per heavy atom. The quantitative estimate of drug-likeness (QED) is 0.0786. The number of aromatic nitrogens is 4. The number of carbonyl (C=O) groups is 1. The lowest BCUT2D eigenvalue weighted by atomic mass is 10.2. The van der Waals surface area contributed by atoms with Crippen LogP contribution in [0.5, 0.6) is 17.2 Å². The second kappa shape index (κ2) is 22.6. The SMILES string of the molecule is C.CCOP(=O)(Cn1ccc(N)n1)OCC.CCOP(=O)(Cn1ccc(NC(=O)c2cc(Oc3ccc(S(C)(=O)=O)cc3)cc(O[C@@H](C)COC)c2)n1)OCC. The lowest BCUT2D eigenvalue weighted by Gasteiger charge is -2.17. The molecule has 0 saturated carbocycles. The Labute approximate surface area is 328 Å². The number of benzene rings is 2. The molecule has 56 heavy (non-hydrogen) atoms. The predicted molar refractivity (Wildman–Crippen MR) is 213 cm³/mol. The summed E-state index contributed by atoms with van der Waals surface area (Å²) in [4.78, 5) is 13.3. The van der Waals surface area contributed by atoms with Crippen molar-refractivity contribution >= 4 is 42.6 Å². The molecule has 0 aliphatic heterocycles. The van der Waals surface area contributed by atoms with Gasteiger partial charge in [-0.05, 0) is 77.1 Å². The number of methoxy groups -OCH3 is 1. The fraction of sp³-hybridized carbons (Fsp3) is 0.457. The topological polar surface area (TPSA) is 224 Å². The molecule has 0 unspecified atom stereocenters. The van der Waals surface area contributed by atoms with Gasteiger partial charge in [-0.1, -0.05) is 7.43 Å². The van der Waals surface area contributed by atoms with Crippen molar-refractivity contribution in [3.8, 4) is 17.2 Å². The van der Waals surface area contributed by atoms with Crippen LogP contribution in [0.25, 0.3) is 0 Å². The van der Waals surface area contributed by atoms with Crippen LogP contribution in [0.3, 0.4) is 0 Å². The van der Waals surface area contributed by atoms with E-state index in [1.165, 1.54) is 39.7 Å². The molecular formula is C35H54N6O12P2S. The zero-order chi connectivity index (χ0) is 40.6. The molecule has 1 amide bonds. The molecule has 2 heterocycles. The fourth-order valence-corrected chi connectivity index (χ4v) is 8.46. The highest BCUT2D eigenvalue weighted by molar-refractivity contribution is 7.90. The number of amides is 1. The van der Waals surface area contributed by atoms with Gasteiger partial charge in [-0.3, -0.25) is 23.3 Å². The van der Waals surface area contributed by atoms with E-state index >= 15 is 0 Å². The number of rotatable bonds is 21. The van der Waals surface area contributed by atoms with Gasteiger partial charge >= 0.3 is 15.2 Å². The smallest absolute Gasteiger partial charge is 0.351 e. The van der Waals surface area contributed by atoms with Crippen molar-refractivity contribution in [2.45, 2.75) is 65.6 Å². The molecule has 312 valence electrons. The zero-order valence-corrected chi connectivity index (χ0v) is 34.6. The molecule has 0 saturated heterocycles. The first kappa shape index (κ1) is 48.1. The summed E-state index contributed by atoms with van der Waals surface area (Å²) in [5.74, 6) is 1.13. The average Bonchev–Trinajstić information content (AvgIpc) is 3.72. The van der Waals surface area contributed by atoms with Crippen LogP contribution >= 0.6 is 15.2 Å². The molecule has 2 aromatic heterocycles. The van der Waals surface area contributed by atoms with Crippen LogP contribution in [-0.2, 0) is 54.4 Å².